The minimum Gasteiger partial charge on any atom is -0.397 e. The number of hydrogen-bond acceptors (Lipinski definition) is 2. The van der Waals surface area contributed by atoms with E-state index in [2.05, 4.69) is 35.3 Å². The molecule has 3 rings (SSSR count). The molecule has 0 fully saturated rings. The third kappa shape index (κ3) is 2.43. The van der Waals surface area contributed by atoms with Gasteiger partial charge in [-0.3, -0.25) is 4.98 Å². The highest BCUT2D eigenvalue weighted by molar-refractivity contribution is 6.05. The molecule has 0 unspecified atom stereocenters. The van der Waals surface area contributed by atoms with Crippen molar-refractivity contribution in [1.82, 2.24) is 4.98 Å². The summed E-state index contributed by atoms with van der Waals surface area (Å²) < 4.78 is 0. The van der Waals surface area contributed by atoms with Crippen LogP contribution in [0.4, 0.5) is 0 Å². The van der Waals surface area contributed by atoms with Crippen molar-refractivity contribution in [3.8, 4) is 0 Å². The second kappa shape index (κ2) is 5.41. The van der Waals surface area contributed by atoms with E-state index in [1.807, 2.05) is 24.4 Å². The van der Waals surface area contributed by atoms with E-state index < -0.39 is 0 Å². The predicted molar refractivity (Wildman–Crippen MR) is 72.0 cm³/mol. The van der Waals surface area contributed by atoms with Crippen molar-refractivity contribution in [3.63, 3.8) is 0 Å². The molecule has 0 amide bonds. The van der Waals surface area contributed by atoms with Gasteiger partial charge in [-0.2, -0.15) is 0 Å². The maximum atomic E-state index is 7.57. The van der Waals surface area contributed by atoms with Gasteiger partial charge in [-0.15, -0.1) is 0 Å². The van der Waals surface area contributed by atoms with Gasteiger partial charge in [-0.1, -0.05) is 42.5 Å². The Bertz CT molecular complexity index is 564. The predicted octanol–water partition coefficient (Wildman–Crippen LogP) is 3.39. The molecule has 1 heterocycles. The summed E-state index contributed by atoms with van der Waals surface area (Å²) in [7, 11) is 0. The number of rotatable bonds is 0. The Hall–Kier alpha value is -1.93. The smallest absolute Gasteiger partial charge is 0.0708 e. The molecule has 17 heavy (non-hydrogen) atoms. The largest absolute Gasteiger partial charge is 0.397 e. The van der Waals surface area contributed by atoms with Crippen LogP contribution < -0.4 is 0 Å². The van der Waals surface area contributed by atoms with Crippen LogP contribution in [0.2, 0.25) is 0 Å². The molecule has 2 aromatic carbocycles. The van der Waals surface area contributed by atoms with Gasteiger partial charge >= 0.3 is 0 Å². The molecule has 0 aliphatic heterocycles. The summed E-state index contributed by atoms with van der Waals surface area (Å²) in [5, 5.41) is 11.3. The molecule has 0 saturated heterocycles. The second-order valence-electron chi connectivity index (χ2n) is 3.68. The first-order valence-electron chi connectivity index (χ1n) is 5.70. The molecule has 0 atom stereocenters. The average molecular weight is 225 g/mol. The molecule has 1 N–H and O–H groups in total. The van der Waals surface area contributed by atoms with Gasteiger partial charge in [-0.05, 0) is 18.4 Å². The molecule has 0 aliphatic rings. The molecule has 0 bridgehead atoms. The molecule has 3 aromatic rings. The average Bonchev–Trinajstić information content (AvgIpc) is 2.40. The van der Waals surface area contributed by atoms with Gasteiger partial charge in [0.05, 0.1) is 5.52 Å². The van der Waals surface area contributed by atoms with E-state index in [0.717, 1.165) is 5.52 Å². The molecule has 0 saturated carbocycles. The molecule has 2 nitrogen and oxygen atoms in total. The molecule has 86 valence electrons. The number of fused-ring (bicyclic) bond motifs is 3. The molecule has 0 radical (unpaired) electrons. The molecule has 1 aromatic heterocycles. The van der Waals surface area contributed by atoms with E-state index in [9.17, 15) is 0 Å². The summed E-state index contributed by atoms with van der Waals surface area (Å²) in [5.41, 5.74) is 1.06. The van der Waals surface area contributed by atoms with E-state index >= 15 is 0 Å². The Morgan fingerprint density at radius 3 is 2.29 bits per heavy atom. The van der Waals surface area contributed by atoms with Gasteiger partial charge in [-0.25, -0.2) is 0 Å². The van der Waals surface area contributed by atoms with E-state index in [1.54, 1.807) is 6.92 Å². The zero-order valence-corrected chi connectivity index (χ0v) is 9.80. The number of nitrogens with zero attached hydrogens (tertiary/aromatic N) is 1. The SMILES string of the molecule is CCO.c1ccc2c(c1)cnc1ccccc12. The van der Waals surface area contributed by atoms with E-state index in [-0.39, 0.29) is 6.61 Å². The zero-order chi connectivity index (χ0) is 12.1. The summed E-state index contributed by atoms with van der Waals surface area (Å²) in [5.74, 6) is 0. The van der Waals surface area contributed by atoms with Gasteiger partial charge < -0.3 is 5.11 Å². The fraction of sp³-hybridized carbons (Fsp3) is 0.133. The molecule has 2 heteroatoms. The summed E-state index contributed by atoms with van der Waals surface area (Å²) in [6, 6.07) is 16.6. The lowest BCUT2D eigenvalue weighted by Crippen LogP contribution is -1.80. The van der Waals surface area contributed by atoms with Crippen LogP contribution in [0.3, 0.4) is 0 Å². The van der Waals surface area contributed by atoms with Crippen LogP contribution in [0.15, 0.2) is 54.7 Å². The fourth-order valence-corrected chi connectivity index (χ4v) is 1.81. The quantitative estimate of drug-likeness (QED) is 0.595. The lowest BCUT2D eigenvalue weighted by atomic mass is 10.1. The highest BCUT2D eigenvalue weighted by Crippen LogP contribution is 2.22. The van der Waals surface area contributed by atoms with Crippen molar-refractivity contribution in [2.45, 2.75) is 6.92 Å². The van der Waals surface area contributed by atoms with Crippen LogP contribution in [-0.2, 0) is 0 Å². The summed E-state index contributed by atoms with van der Waals surface area (Å²) in [4.78, 5) is 4.41. The Balaban J connectivity index is 0.000000329. The maximum Gasteiger partial charge on any atom is 0.0708 e. The first-order chi connectivity index (χ1) is 8.36. The van der Waals surface area contributed by atoms with Crippen LogP contribution in [0.25, 0.3) is 21.7 Å². The summed E-state index contributed by atoms with van der Waals surface area (Å²) in [6.07, 6.45) is 1.93. The Labute approximate surface area is 101 Å². The zero-order valence-electron chi connectivity index (χ0n) is 9.80. The maximum absolute atomic E-state index is 7.57. The molecule has 0 spiro atoms. The van der Waals surface area contributed by atoms with E-state index in [4.69, 9.17) is 5.11 Å². The fourth-order valence-electron chi connectivity index (χ4n) is 1.81. The van der Waals surface area contributed by atoms with Gasteiger partial charge in [0.1, 0.15) is 0 Å². The molecular weight excluding hydrogens is 210 g/mol. The van der Waals surface area contributed by atoms with Gasteiger partial charge in [0, 0.05) is 23.6 Å². The van der Waals surface area contributed by atoms with Gasteiger partial charge in [0.15, 0.2) is 0 Å². The van der Waals surface area contributed by atoms with Crippen molar-refractivity contribution in [1.29, 1.82) is 0 Å². The van der Waals surface area contributed by atoms with Crippen LogP contribution >= 0.6 is 0 Å². The van der Waals surface area contributed by atoms with Gasteiger partial charge in [0.2, 0.25) is 0 Å². The minimum atomic E-state index is 0.250. The third-order valence-corrected chi connectivity index (χ3v) is 2.50. The Kier molecular flexibility index (Phi) is 3.68. The number of aliphatic hydroxyl groups is 1. The van der Waals surface area contributed by atoms with Crippen molar-refractivity contribution >= 4 is 21.7 Å². The summed E-state index contributed by atoms with van der Waals surface area (Å²) >= 11 is 0. The lowest BCUT2D eigenvalue weighted by Gasteiger charge is -2.01. The highest BCUT2D eigenvalue weighted by Gasteiger charge is 1.98. The number of aromatic nitrogens is 1. The van der Waals surface area contributed by atoms with Crippen molar-refractivity contribution in [2.75, 3.05) is 6.61 Å². The number of para-hydroxylation sites is 1. The summed E-state index contributed by atoms with van der Waals surface area (Å²) in [6.45, 7) is 1.93. The molecular formula is C15H15NO. The topological polar surface area (TPSA) is 33.1 Å². The Morgan fingerprint density at radius 1 is 0.941 bits per heavy atom. The first kappa shape index (κ1) is 11.6. The number of benzene rings is 2. The number of aliphatic hydroxyl groups excluding tert-OH is 1. The number of hydrogen-bond donors (Lipinski definition) is 1. The van der Waals surface area contributed by atoms with E-state index in [1.165, 1.54) is 16.2 Å². The number of pyridine rings is 1. The van der Waals surface area contributed by atoms with Crippen LogP contribution in [0.5, 0.6) is 0 Å². The third-order valence-electron chi connectivity index (χ3n) is 2.50. The normalized spacial score (nSPS) is 10.0. The van der Waals surface area contributed by atoms with Gasteiger partial charge in [0.25, 0.3) is 0 Å². The molecule has 0 aliphatic carbocycles. The van der Waals surface area contributed by atoms with E-state index in [0.29, 0.717) is 0 Å². The van der Waals surface area contributed by atoms with Crippen molar-refractivity contribution < 1.29 is 5.11 Å². The standard InChI is InChI=1S/C13H9N.C2H6O/c1-2-6-11-10(5-1)9-14-13-8-4-3-7-12(11)13;1-2-3/h1-9H;3H,2H2,1H3. The minimum absolute atomic E-state index is 0.250. The monoisotopic (exact) mass is 225 g/mol. The highest BCUT2D eigenvalue weighted by atomic mass is 16.2. The second-order valence-corrected chi connectivity index (χ2v) is 3.68. The lowest BCUT2D eigenvalue weighted by molar-refractivity contribution is 0.318. The van der Waals surface area contributed by atoms with Crippen molar-refractivity contribution in [2.24, 2.45) is 0 Å². The van der Waals surface area contributed by atoms with Crippen LogP contribution in [0.1, 0.15) is 6.92 Å². The van der Waals surface area contributed by atoms with Crippen LogP contribution in [-0.4, -0.2) is 16.7 Å². The first-order valence-corrected chi connectivity index (χ1v) is 5.70. The van der Waals surface area contributed by atoms with Crippen molar-refractivity contribution in [3.05, 3.63) is 54.7 Å². The van der Waals surface area contributed by atoms with Crippen LogP contribution in [0, 0.1) is 0 Å². The Morgan fingerprint density at radius 2 is 1.53 bits per heavy atom.